The highest BCUT2D eigenvalue weighted by Crippen LogP contribution is 2.38. The molecule has 3 rings (SSSR count). The number of halogens is 3. The fourth-order valence-corrected chi connectivity index (χ4v) is 3.84. The summed E-state index contributed by atoms with van der Waals surface area (Å²) in [6, 6.07) is 9.92. The van der Waals surface area contributed by atoms with E-state index in [9.17, 15) is 13.6 Å². The topological polar surface area (TPSA) is 32.3 Å². The second kappa shape index (κ2) is 6.76. The number of urea groups is 1. The molecule has 2 aromatic carbocycles. The Kier molecular flexibility index (Phi) is 4.73. The van der Waals surface area contributed by atoms with Crippen LogP contribution in [0.15, 0.2) is 42.5 Å². The first kappa shape index (κ1) is 16.1. The van der Waals surface area contributed by atoms with Gasteiger partial charge in [0.25, 0.3) is 0 Å². The number of thioether (sulfide) groups is 1. The lowest BCUT2D eigenvalue weighted by molar-refractivity contribution is 0.214. The molecule has 1 heterocycles. The van der Waals surface area contributed by atoms with E-state index in [4.69, 9.17) is 11.6 Å². The largest absolute Gasteiger partial charge is 0.323 e. The van der Waals surface area contributed by atoms with Crippen molar-refractivity contribution in [2.24, 2.45) is 0 Å². The summed E-state index contributed by atoms with van der Waals surface area (Å²) in [5, 5.41) is 2.91. The van der Waals surface area contributed by atoms with Gasteiger partial charge in [0.2, 0.25) is 0 Å². The minimum Gasteiger partial charge on any atom is -0.308 e. The van der Waals surface area contributed by atoms with Gasteiger partial charge in [-0.05, 0) is 29.8 Å². The van der Waals surface area contributed by atoms with Crippen molar-refractivity contribution in [3.05, 3.63) is 64.7 Å². The van der Waals surface area contributed by atoms with Crippen molar-refractivity contribution in [2.45, 2.75) is 5.37 Å². The maximum absolute atomic E-state index is 13.7. The second-order valence-corrected chi connectivity index (χ2v) is 6.65. The van der Waals surface area contributed by atoms with Gasteiger partial charge in [-0.25, -0.2) is 13.6 Å². The van der Waals surface area contributed by atoms with Gasteiger partial charge in [-0.2, -0.15) is 0 Å². The van der Waals surface area contributed by atoms with Crippen LogP contribution in [-0.2, 0) is 0 Å². The van der Waals surface area contributed by atoms with Crippen molar-refractivity contribution in [3.63, 3.8) is 0 Å². The van der Waals surface area contributed by atoms with E-state index in [-0.39, 0.29) is 11.1 Å². The minimum atomic E-state index is -0.801. The van der Waals surface area contributed by atoms with Crippen molar-refractivity contribution in [1.29, 1.82) is 0 Å². The van der Waals surface area contributed by atoms with Gasteiger partial charge in [0, 0.05) is 23.4 Å². The number of carbonyl (C=O) groups excluding carboxylic acids is 1. The van der Waals surface area contributed by atoms with Crippen molar-refractivity contribution in [1.82, 2.24) is 4.90 Å². The Balaban J connectivity index is 1.78. The standard InChI is InChI=1S/C16H13ClF2N2OS/c17-11-3-1-2-10(8-11)15-21(6-7-23-15)16(22)20-14-5-4-12(18)9-13(14)19/h1-5,8-9,15H,6-7H2,(H,20,22)/t15-/m1/s1. The molecule has 1 saturated heterocycles. The SMILES string of the molecule is O=C(Nc1ccc(F)cc1F)N1CCS[C@@H]1c1cccc(Cl)c1. The van der Waals surface area contributed by atoms with E-state index in [1.807, 2.05) is 18.2 Å². The Labute approximate surface area is 141 Å². The molecule has 0 spiro atoms. The molecular weight excluding hydrogens is 342 g/mol. The van der Waals surface area contributed by atoms with Crippen molar-refractivity contribution < 1.29 is 13.6 Å². The monoisotopic (exact) mass is 354 g/mol. The number of carbonyl (C=O) groups is 1. The summed E-state index contributed by atoms with van der Waals surface area (Å²) in [5.74, 6) is -0.713. The average Bonchev–Trinajstić information content (AvgIpc) is 2.99. The highest BCUT2D eigenvalue weighted by Gasteiger charge is 2.31. The van der Waals surface area contributed by atoms with Crippen LogP contribution in [0.4, 0.5) is 19.3 Å². The van der Waals surface area contributed by atoms with Crippen molar-refractivity contribution >= 4 is 35.1 Å². The first-order chi connectivity index (χ1) is 11.0. The molecule has 0 saturated carbocycles. The Hall–Kier alpha value is -1.79. The van der Waals surface area contributed by atoms with Crippen LogP contribution in [0.25, 0.3) is 0 Å². The van der Waals surface area contributed by atoms with Gasteiger partial charge < -0.3 is 10.2 Å². The lowest BCUT2D eigenvalue weighted by Crippen LogP contribution is -2.34. The molecule has 23 heavy (non-hydrogen) atoms. The third kappa shape index (κ3) is 3.59. The Morgan fingerprint density at radius 3 is 2.83 bits per heavy atom. The third-order valence-corrected chi connectivity index (χ3v) is 4.95. The van der Waals surface area contributed by atoms with Gasteiger partial charge in [0.1, 0.15) is 17.0 Å². The Bertz CT molecular complexity index is 744. The lowest BCUT2D eigenvalue weighted by Gasteiger charge is -2.24. The van der Waals surface area contributed by atoms with Crippen LogP contribution in [-0.4, -0.2) is 23.2 Å². The number of hydrogen-bond acceptors (Lipinski definition) is 2. The molecule has 1 N–H and O–H groups in total. The van der Waals surface area contributed by atoms with Gasteiger partial charge in [0.15, 0.2) is 0 Å². The highest BCUT2D eigenvalue weighted by molar-refractivity contribution is 7.99. The quantitative estimate of drug-likeness (QED) is 0.832. The predicted molar refractivity (Wildman–Crippen MR) is 88.7 cm³/mol. The summed E-state index contributed by atoms with van der Waals surface area (Å²) in [6.07, 6.45) is 0. The van der Waals surface area contributed by atoms with Gasteiger partial charge in [-0.15, -0.1) is 11.8 Å². The van der Waals surface area contributed by atoms with Crippen molar-refractivity contribution in [3.8, 4) is 0 Å². The summed E-state index contributed by atoms with van der Waals surface area (Å²) < 4.78 is 26.6. The van der Waals surface area contributed by atoms with Crippen molar-refractivity contribution in [2.75, 3.05) is 17.6 Å². The summed E-state index contributed by atoms with van der Waals surface area (Å²) in [6.45, 7) is 0.538. The van der Waals surface area contributed by atoms with Gasteiger partial charge in [-0.3, -0.25) is 0 Å². The number of anilines is 1. The van der Waals surface area contributed by atoms with Crippen LogP contribution < -0.4 is 5.32 Å². The number of rotatable bonds is 2. The van der Waals surface area contributed by atoms with Crippen LogP contribution >= 0.6 is 23.4 Å². The van der Waals surface area contributed by atoms with E-state index in [1.165, 1.54) is 6.07 Å². The van der Waals surface area contributed by atoms with Gasteiger partial charge in [0.05, 0.1) is 5.69 Å². The zero-order chi connectivity index (χ0) is 16.4. The van der Waals surface area contributed by atoms with E-state index in [0.29, 0.717) is 11.6 Å². The van der Waals surface area contributed by atoms with E-state index in [1.54, 1.807) is 22.7 Å². The number of benzene rings is 2. The van der Waals surface area contributed by atoms with Crippen LogP contribution in [0.5, 0.6) is 0 Å². The van der Waals surface area contributed by atoms with Crippen LogP contribution in [0.1, 0.15) is 10.9 Å². The molecule has 3 nitrogen and oxygen atoms in total. The second-order valence-electron chi connectivity index (χ2n) is 5.03. The summed E-state index contributed by atoms with van der Waals surface area (Å²) in [7, 11) is 0. The molecular formula is C16H13ClF2N2OS. The molecule has 2 aromatic rings. The average molecular weight is 355 g/mol. The maximum atomic E-state index is 13.7. The zero-order valence-electron chi connectivity index (χ0n) is 11.9. The van der Waals surface area contributed by atoms with E-state index in [2.05, 4.69) is 5.32 Å². The highest BCUT2D eigenvalue weighted by atomic mass is 35.5. The number of hydrogen-bond donors (Lipinski definition) is 1. The van der Waals surface area contributed by atoms with Crippen LogP contribution in [0.3, 0.4) is 0 Å². The molecule has 120 valence electrons. The molecule has 0 bridgehead atoms. The van der Waals surface area contributed by atoms with Crippen LogP contribution in [0.2, 0.25) is 5.02 Å². The Morgan fingerprint density at radius 1 is 1.26 bits per heavy atom. The molecule has 2 amide bonds. The molecule has 1 atom stereocenters. The zero-order valence-corrected chi connectivity index (χ0v) is 13.5. The number of nitrogens with zero attached hydrogens (tertiary/aromatic N) is 1. The molecule has 1 aliphatic heterocycles. The summed E-state index contributed by atoms with van der Waals surface area (Å²) in [5.41, 5.74) is 0.868. The first-order valence-electron chi connectivity index (χ1n) is 6.94. The Morgan fingerprint density at radius 2 is 2.09 bits per heavy atom. The van der Waals surface area contributed by atoms with E-state index < -0.39 is 17.7 Å². The number of nitrogens with one attached hydrogen (secondary N) is 1. The van der Waals surface area contributed by atoms with E-state index in [0.717, 1.165) is 23.4 Å². The van der Waals surface area contributed by atoms with Gasteiger partial charge in [-0.1, -0.05) is 23.7 Å². The normalized spacial score (nSPS) is 17.3. The predicted octanol–water partition coefficient (Wildman–Crippen LogP) is 4.90. The fourth-order valence-electron chi connectivity index (χ4n) is 2.39. The molecule has 7 heteroatoms. The lowest BCUT2D eigenvalue weighted by atomic mass is 10.2. The minimum absolute atomic E-state index is 0.0434. The first-order valence-corrected chi connectivity index (χ1v) is 8.37. The van der Waals surface area contributed by atoms with E-state index >= 15 is 0 Å². The third-order valence-electron chi connectivity index (χ3n) is 3.46. The molecule has 0 aromatic heterocycles. The fraction of sp³-hybridized carbons (Fsp3) is 0.188. The molecule has 1 fully saturated rings. The number of amides is 2. The maximum Gasteiger partial charge on any atom is 0.323 e. The summed E-state index contributed by atoms with van der Waals surface area (Å²) in [4.78, 5) is 14.0. The molecule has 0 unspecified atom stereocenters. The van der Waals surface area contributed by atoms with Crippen LogP contribution in [0, 0.1) is 11.6 Å². The summed E-state index contributed by atoms with van der Waals surface area (Å²) >= 11 is 7.61. The molecule has 0 aliphatic carbocycles. The smallest absolute Gasteiger partial charge is 0.308 e. The molecule has 1 aliphatic rings. The molecule has 0 radical (unpaired) electrons. The van der Waals surface area contributed by atoms with Gasteiger partial charge >= 0.3 is 6.03 Å².